The topological polar surface area (TPSA) is 32.6 Å². The molecular formula is C15H14INO. The van der Waals surface area contributed by atoms with Gasteiger partial charge in [-0.25, -0.2) is 0 Å². The van der Waals surface area contributed by atoms with Crippen LogP contribution in [0.4, 0.5) is 5.69 Å². The Morgan fingerprint density at radius 1 is 1.11 bits per heavy atom. The Labute approximate surface area is 121 Å². The molecule has 0 aliphatic rings. The van der Waals surface area contributed by atoms with Gasteiger partial charge in [0.25, 0.3) is 0 Å². The van der Waals surface area contributed by atoms with Crippen LogP contribution in [0.25, 0.3) is 0 Å². The first kappa shape index (κ1) is 13.1. The van der Waals surface area contributed by atoms with E-state index in [1.807, 2.05) is 24.4 Å². The molecule has 0 aliphatic carbocycles. The number of hydrogen-bond donors (Lipinski definition) is 1. The highest BCUT2D eigenvalue weighted by Gasteiger charge is 1.98. The molecule has 0 atom stereocenters. The minimum Gasteiger partial charge on any atom is -0.507 e. The fraction of sp³-hybridized carbons (Fsp3) is 0.133. The lowest BCUT2D eigenvalue weighted by atomic mass is 10.1. The van der Waals surface area contributed by atoms with Crippen LogP contribution in [-0.2, 0) is 0 Å². The lowest BCUT2D eigenvalue weighted by Gasteiger charge is -2.02. The molecule has 0 heterocycles. The predicted molar refractivity (Wildman–Crippen MR) is 84.0 cm³/mol. The number of rotatable bonds is 2. The second-order valence-corrected chi connectivity index (χ2v) is 5.42. The third kappa shape index (κ3) is 3.10. The predicted octanol–water partition coefficient (Wildman–Crippen LogP) is 4.36. The average molecular weight is 351 g/mol. The molecule has 0 spiro atoms. The van der Waals surface area contributed by atoms with E-state index in [1.165, 1.54) is 11.1 Å². The number of aryl methyl sites for hydroxylation is 2. The lowest BCUT2D eigenvalue weighted by Crippen LogP contribution is -1.84. The van der Waals surface area contributed by atoms with Crippen molar-refractivity contribution in [2.24, 2.45) is 4.99 Å². The summed E-state index contributed by atoms with van der Waals surface area (Å²) in [5, 5.41) is 9.45. The van der Waals surface area contributed by atoms with Gasteiger partial charge in [-0.1, -0.05) is 17.7 Å². The zero-order chi connectivity index (χ0) is 13.1. The van der Waals surface area contributed by atoms with Crippen molar-refractivity contribution in [3.8, 4) is 5.75 Å². The highest BCUT2D eigenvalue weighted by atomic mass is 127. The van der Waals surface area contributed by atoms with Gasteiger partial charge >= 0.3 is 0 Å². The molecule has 18 heavy (non-hydrogen) atoms. The molecule has 2 aromatic carbocycles. The molecule has 92 valence electrons. The van der Waals surface area contributed by atoms with Gasteiger partial charge in [-0.15, -0.1) is 0 Å². The molecule has 0 bridgehead atoms. The van der Waals surface area contributed by atoms with E-state index < -0.39 is 0 Å². The van der Waals surface area contributed by atoms with Gasteiger partial charge in [0.05, 0.1) is 9.26 Å². The van der Waals surface area contributed by atoms with Crippen LogP contribution in [0.2, 0.25) is 0 Å². The van der Waals surface area contributed by atoms with Crippen LogP contribution in [-0.4, -0.2) is 11.3 Å². The van der Waals surface area contributed by atoms with Crippen LogP contribution in [0, 0.1) is 17.4 Å². The largest absolute Gasteiger partial charge is 0.507 e. The number of halogens is 1. The first-order valence-electron chi connectivity index (χ1n) is 5.66. The molecule has 1 N–H and O–H groups in total. The van der Waals surface area contributed by atoms with Crippen molar-refractivity contribution >= 4 is 34.5 Å². The normalized spacial score (nSPS) is 11.1. The van der Waals surface area contributed by atoms with Crippen LogP contribution in [0.5, 0.6) is 5.75 Å². The summed E-state index contributed by atoms with van der Waals surface area (Å²) in [5.41, 5.74) is 4.37. The SMILES string of the molecule is Cc1ccc(N=Cc2ccc(O)c(I)c2)c(C)c1. The minimum absolute atomic E-state index is 0.305. The Hall–Kier alpha value is -1.36. The summed E-state index contributed by atoms with van der Waals surface area (Å²) in [6.07, 6.45) is 1.82. The van der Waals surface area contributed by atoms with Crippen molar-refractivity contribution < 1.29 is 5.11 Å². The third-order valence-corrected chi connectivity index (χ3v) is 3.54. The van der Waals surface area contributed by atoms with Gasteiger partial charge < -0.3 is 5.11 Å². The fourth-order valence-electron chi connectivity index (χ4n) is 1.70. The summed E-state index contributed by atoms with van der Waals surface area (Å²) in [6, 6.07) is 11.6. The molecule has 0 aromatic heterocycles. The van der Waals surface area contributed by atoms with Crippen LogP contribution in [0.1, 0.15) is 16.7 Å². The van der Waals surface area contributed by atoms with E-state index in [0.717, 1.165) is 14.8 Å². The number of phenolic OH excluding ortho intramolecular Hbond substituents is 1. The molecule has 0 radical (unpaired) electrons. The van der Waals surface area contributed by atoms with E-state index >= 15 is 0 Å². The highest BCUT2D eigenvalue weighted by Crippen LogP contribution is 2.21. The zero-order valence-corrected chi connectivity index (χ0v) is 12.5. The summed E-state index contributed by atoms with van der Waals surface area (Å²) in [5.74, 6) is 0.305. The Morgan fingerprint density at radius 2 is 1.89 bits per heavy atom. The number of phenols is 1. The summed E-state index contributed by atoms with van der Waals surface area (Å²) in [7, 11) is 0. The fourth-order valence-corrected chi connectivity index (χ4v) is 2.24. The van der Waals surface area contributed by atoms with Crippen molar-refractivity contribution in [2.45, 2.75) is 13.8 Å². The molecule has 3 heteroatoms. The van der Waals surface area contributed by atoms with E-state index in [-0.39, 0.29) is 0 Å². The van der Waals surface area contributed by atoms with Gasteiger partial charge in [0, 0.05) is 6.21 Å². The molecule has 0 unspecified atom stereocenters. The molecular weight excluding hydrogens is 337 g/mol. The van der Waals surface area contributed by atoms with Crippen LogP contribution < -0.4 is 0 Å². The Balaban J connectivity index is 2.27. The maximum absolute atomic E-state index is 9.45. The first-order valence-corrected chi connectivity index (χ1v) is 6.74. The van der Waals surface area contributed by atoms with E-state index in [9.17, 15) is 5.11 Å². The van der Waals surface area contributed by atoms with Crippen LogP contribution in [0.3, 0.4) is 0 Å². The number of nitrogens with zero attached hydrogens (tertiary/aromatic N) is 1. The number of aromatic hydroxyl groups is 1. The average Bonchev–Trinajstić information content (AvgIpc) is 2.32. The molecule has 0 aliphatic heterocycles. The number of aliphatic imine (C=N–C) groups is 1. The summed E-state index contributed by atoms with van der Waals surface area (Å²) in [6.45, 7) is 4.13. The number of benzene rings is 2. The molecule has 2 nitrogen and oxygen atoms in total. The summed E-state index contributed by atoms with van der Waals surface area (Å²) >= 11 is 2.10. The van der Waals surface area contributed by atoms with Gasteiger partial charge in [-0.3, -0.25) is 4.99 Å². The molecule has 0 saturated carbocycles. The Bertz CT molecular complexity index is 605. The second kappa shape index (κ2) is 5.52. The maximum atomic E-state index is 9.45. The Kier molecular flexibility index (Phi) is 4.01. The molecule has 2 rings (SSSR count). The summed E-state index contributed by atoms with van der Waals surface area (Å²) in [4.78, 5) is 4.48. The van der Waals surface area contributed by atoms with Gasteiger partial charge in [0.2, 0.25) is 0 Å². The molecule has 0 amide bonds. The smallest absolute Gasteiger partial charge is 0.128 e. The van der Waals surface area contributed by atoms with E-state index in [4.69, 9.17) is 0 Å². The van der Waals surface area contributed by atoms with Crippen molar-refractivity contribution in [1.82, 2.24) is 0 Å². The third-order valence-electron chi connectivity index (χ3n) is 2.68. The van der Waals surface area contributed by atoms with Gasteiger partial charge in [0.15, 0.2) is 0 Å². The van der Waals surface area contributed by atoms with E-state index in [2.05, 4.69) is 53.6 Å². The van der Waals surface area contributed by atoms with E-state index in [0.29, 0.717) is 5.75 Å². The van der Waals surface area contributed by atoms with Crippen molar-refractivity contribution in [1.29, 1.82) is 0 Å². The van der Waals surface area contributed by atoms with Gasteiger partial charge in [-0.05, 0) is 71.8 Å². The van der Waals surface area contributed by atoms with Crippen molar-refractivity contribution in [3.63, 3.8) is 0 Å². The van der Waals surface area contributed by atoms with Gasteiger partial charge in [-0.2, -0.15) is 0 Å². The maximum Gasteiger partial charge on any atom is 0.128 e. The molecule has 2 aromatic rings. The molecule has 0 fully saturated rings. The van der Waals surface area contributed by atoms with E-state index in [1.54, 1.807) is 6.07 Å². The standard InChI is InChI=1S/C15H14INO/c1-10-3-5-14(11(2)7-10)17-9-12-4-6-15(18)13(16)8-12/h3-9,18H,1-2H3. The van der Waals surface area contributed by atoms with Crippen LogP contribution in [0.15, 0.2) is 41.4 Å². The van der Waals surface area contributed by atoms with Gasteiger partial charge in [0.1, 0.15) is 5.75 Å². The van der Waals surface area contributed by atoms with Crippen LogP contribution >= 0.6 is 22.6 Å². The van der Waals surface area contributed by atoms with Crippen molar-refractivity contribution in [3.05, 3.63) is 56.7 Å². The highest BCUT2D eigenvalue weighted by molar-refractivity contribution is 14.1. The zero-order valence-electron chi connectivity index (χ0n) is 10.3. The molecule has 0 saturated heterocycles. The minimum atomic E-state index is 0.305. The quantitative estimate of drug-likeness (QED) is 0.633. The first-order chi connectivity index (χ1) is 8.56. The summed E-state index contributed by atoms with van der Waals surface area (Å²) < 4.78 is 0.831. The Morgan fingerprint density at radius 3 is 2.56 bits per heavy atom. The monoisotopic (exact) mass is 351 g/mol. The lowest BCUT2D eigenvalue weighted by molar-refractivity contribution is 0.471. The second-order valence-electron chi connectivity index (χ2n) is 4.26. The number of hydrogen-bond acceptors (Lipinski definition) is 2. The van der Waals surface area contributed by atoms with Crippen molar-refractivity contribution in [2.75, 3.05) is 0 Å².